The van der Waals surface area contributed by atoms with E-state index in [4.69, 9.17) is 5.73 Å². The molecule has 0 heterocycles. The fourth-order valence-corrected chi connectivity index (χ4v) is 1.49. The van der Waals surface area contributed by atoms with Gasteiger partial charge in [0.2, 0.25) is 6.41 Å². The van der Waals surface area contributed by atoms with Crippen LogP contribution in [0.3, 0.4) is 0 Å². The first-order valence-corrected chi connectivity index (χ1v) is 5.51. The Bertz CT molecular complexity index is 354. The number of hydrogen-bond acceptors (Lipinski definition) is 3. The molecule has 0 aliphatic carbocycles. The number of amides is 2. The third-order valence-corrected chi connectivity index (χ3v) is 2.32. The van der Waals surface area contributed by atoms with Crippen molar-refractivity contribution in [3.05, 3.63) is 35.9 Å². The van der Waals surface area contributed by atoms with E-state index in [1.54, 1.807) is 17.0 Å². The van der Waals surface area contributed by atoms with Crippen molar-refractivity contribution in [3.8, 4) is 0 Å². The predicted molar refractivity (Wildman–Crippen MR) is 65.5 cm³/mol. The van der Waals surface area contributed by atoms with Crippen LogP contribution in [0.1, 0.15) is 10.4 Å². The second kappa shape index (κ2) is 7.40. The van der Waals surface area contributed by atoms with E-state index >= 15 is 0 Å². The Morgan fingerprint density at radius 2 is 2.00 bits per heavy atom. The normalized spacial score (nSPS) is 9.71. The van der Waals surface area contributed by atoms with E-state index < -0.39 is 0 Å². The van der Waals surface area contributed by atoms with Crippen LogP contribution < -0.4 is 11.1 Å². The van der Waals surface area contributed by atoms with Crippen LogP contribution in [-0.2, 0) is 4.79 Å². The first-order chi connectivity index (χ1) is 8.29. The quantitative estimate of drug-likeness (QED) is 0.509. The molecule has 3 N–H and O–H groups in total. The van der Waals surface area contributed by atoms with Gasteiger partial charge in [-0.2, -0.15) is 0 Å². The fourth-order valence-electron chi connectivity index (χ4n) is 1.49. The largest absolute Gasteiger partial charge is 0.357 e. The molecule has 0 aliphatic heterocycles. The van der Waals surface area contributed by atoms with Crippen LogP contribution in [0.25, 0.3) is 0 Å². The number of rotatable bonds is 7. The second-order valence-electron chi connectivity index (χ2n) is 3.52. The van der Waals surface area contributed by atoms with Crippen LogP contribution in [0.15, 0.2) is 30.3 Å². The van der Waals surface area contributed by atoms with Crippen LogP contribution in [0.5, 0.6) is 0 Å². The highest BCUT2D eigenvalue weighted by Gasteiger charge is 2.13. The summed E-state index contributed by atoms with van der Waals surface area (Å²) in [5.41, 5.74) is 6.10. The number of hydrogen-bond donors (Lipinski definition) is 2. The summed E-state index contributed by atoms with van der Waals surface area (Å²) in [5.74, 6) is -0.0660. The molecule has 1 rings (SSSR count). The van der Waals surface area contributed by atoms with Gasteiger partial charge in [0.25, 0.3) is 5.91 Å². The van der Waals surface area contributed by atoms with Crippen LogP contribution in [0, 0.1) is 0 Å². The van der Waals surface area contributed by atoms with E-state index in [0.717, 1.165) is 0 Å². The average Bonchev–Trinajstić information content (AvgIpc) is 2.38. The summed E-state index contributed by atoms with van der Waals surface area (Å²) in [7, 11) is 0. The molecule has 5 heteroatoms. The van der Waals surface area contributed by atoms with Crippen molar-refractivity contribution in [1.29, 1.82) is 0 Å². The highest BCUT2D eigenvalue weighted by atomic mass is 16.2. The maximum atomic E-state index is 12.1. The Balaban J connectivity index is 2.63. The van der Waals surface area contributed by atoms with Crippen LogP contribution in [-0.4, -0.2) is 43.4 Å². The summed E-state index contributed by atoms with van der Waals surface area (Å²) in [6, 6.07) is 9.02. The summed E-state index contributed by atoms with van der Waals surface area (Å²) in [5, 5.41) is 2.53. The molecule has 0 fully saturated rings. The van der Waals surface area contributed by atoms with Crippen molar-refractivity contribution in [2.75, 3.05) is 26.2 Å². The minimum atomic E-state index is -0.0660. The smallest absolute Gasteiger partial charge is 0.253 e. The van der Waals surface area contributed by atoms with Crippen molar-refractivity contribution in [3.63, 3.8) is 0 Å². The summed E-state index contributed by atoms with van der Waals surface area (Å²) in [6.07, 6.45) is 0.619. The third-order valence-electron chi connectivity index (χ3n) is 2.32. The van der Waals surface area contributed by atoms with E-state index in [0.29, 0.717) is 38.2 Å². The van der Waals surface area contributed by atoms with Gasteiger partial charge in [-0.1, -0.05) is 18.2 Å². The predicted octanol–water partition coefficient (Wildman–Crippen LogP) is -0.166. The lowest BCUT2D eigenvalue weighted by Gasteiger charge is -2.21. The molecule has 0 atom stereocenters. The van der Waals surface area contributed by atoms with Gasteiger partial charge in [-0.05, 0) is 12.1 Å². The molecule has 0 saturated heterocycles. The van der Waals surface area contributed by atoms with Crippen molar-refractivity contribution in [2.45, 2.75) is 0 Å². The summed E-state index contributed by atoms with van der Waals surface area (Å²) in [6.45, 7) is 1.78. The monoisotopic (exact) mass is 235 g/mol. The van der Waals surface area contributed by atoms with E-state index in [-0.39, 0.29) is 5.91 Å². The topological polar surface area (TPSA) is 75.4 Å². The van der Waals surface area contributed by atoms with Crippen LogP contribution in [0.4, 0.5) is 0 Å². The highest BCUT2D eigenvalue weighted by molar-refractivity contribution is 5.94. The maximum Gasteiger partial charge on any atom is 0.253 e. The average molecular weight is 235 g/mol. The Kier molecular flexibility index (Phi) is 5.74. The van der Waals surface area contributed by atoms with Gasteiger partial charge in [0.1, 0.15) is 0 Å². The number of nitrogens with two attached hydrogens (primary N) is 1. The third kappa shape index (κ3) is 4.24. The van der Waals surface area contributed by atoms with Crippen molar-refractivity contribution in [2.24, 2.45) is 5.73 Å². The molecule has 0 radical (unpaired) electrons. The number of carbonyl (C=O) groups excluding carboxylic acids is 2. The van der Waals surface area contributed by atoms with E-state index in [2.05, 4.69) is 5.32 Å². The molecule has 0 bridgehead atoms. The second-order valence-corrected chi connectivity index (χ2v) is 3.52. The molecule has 1 aromatic rings. The zero-order chi connectivity index (χ0) is 12.5. The molecule has 0 aromatic heterocycles. The molecule has 5 nitrogen and oxygen atoms in total. The Labute approximate surface area is 101 Å². The summed E-state index contributed by atoms with van der Waals surface area (Å²) >= 11 is 0. The fraction of sp³-hybridized carbons (Fsp3) is 0.333. The maximum absolute atomic E-state index is 12.1. The van der Waals surface area contributed by atoms with Gasteiger partial charge in [-0.25, -0.2) is 0 Å². The van der Waals surface area contributed by atoms with Gasteiger partial charge in [0.15, 0.2) is 0 Å². The van der Waals surface area contributed by atoms with E-state index in [1.165, 1.54) is 0 Å². The molecule has 2 amide bonds. The number of nitrogens with one attached hydrogen (secondary N) is 1. The SMILES string of the molecule is NCCN(CCNC=O)C(=O)c1ccccc1. The lowest BCUT2D eigenvalue weighted by Crippen LogP contribution is -2.39. The Morgan fingerprint density at radius 3 is 2.59 bits per heavy atom. The van der Waals surface area contributed by atoms with Gasteiger partial charge < -0.3 is 16.0 Å². The van der Waals surface area contributed by atoms with Gasteiger partial charge in [-0.3, -0.25) is 9.59 Å². The summed E-state index contributed by atoms with van der Waals surface area (Å²) in [4.78, 5) is 23.9. The number of carbonyl (C=O) groups is 2. The van der Waals surface area contributed by atoms with Gasteiger partial charge in [0, 0.05) is 31.7 Å². The van der Waals surface area contributed by atoms with Gasteiger partial charge >= 0.3 is 0 Å². The van der Waals surface area contributed by atoms with Crippen LogP contribution >= 0.6 is 0 Å². The number of benzene rings is 1. The molecule has 0 aliphatic rings. The van der Waals surface area contributed by atoms with Crippen molar-refractivity contribution in [1.82, 2.24) is 10.2 Å². The first-order valence-electron chi connectivity index (χ1n) is 5.51. The lowest BCUT2D eigenvalue weighted by molar-refractivity contribution is -0.109. The minimum absolute atomic E-state index is 0.0660. The Hall–Kier alpha value is -1.88. The van der Waals surface area contributed by atoms with E-state index in [9.17, 15) is 9.59 Å². The zero-order valence-corrected chi connectivity index (χ0v) is 9.63. The molecule has 0 saturated carbocycles. The lowest BCUT2D eigenvalue weighted by atomic mass is 10.2. The summed E-state index contributed by atoms with van der Waals surface area (Å²) < 4.78 is 0. The zero-order valence-electron chi connectivity index (χ0n) is 9.63. The van der Waals surface area contributed by atoms with Gasteiger partial charge in [0.05, 0.1) is 0 Å². The standard InChI is InChI=1S/C12H17N3O2/c13-6-8-15(9-7-14-10-16)12(17)11-4-2-1-3-5-11/h1-5,10H,6-9,13H2,(H,14,16). The molecule has 1 aromatic carbocycles. The molecule has 0 spiro atoms. The van der Waals surface area contributed by atoms with Crippen molar-refractivity contribution >= 4 is 12.3 Å². The van der Waals surface area contributed by atoms with Crippen LogP contribution in [0.2, 0.25) is 0 Å². The van der Waals surface area contributed by atoms with Crippen molar-refractivity contribution < 1.29 is 9.59 Å². The Morgan fingerprint density at radius 1 is 1.29 bits per heavy atom. The highest BCUT2D eigenvalue weighted by Crippen LogP contribution is 2.03. The van der Waals surface area contributed by atoms with Gasteiger partial charge in [-0.15, -0.1) is 0 Å². The molecular weight excluding hydrogens is 218 g/mol. The number of nitrogens with zero attached hydrogens (tertiary/aromatic N) is 1. The minimum Gasteiger partial charge on any atom is -0.357 e. The molecule has 17 heavy (non-hydrogen) atoms. The first kappa shape index (κ1) is 13.2. The van der Waals surface area contributed by atoms with E-state index in [1.807, 2.05) is 18.2 Å². The molecule has 0 unspecified atom stereocenters. The molecule has 92 valence electrons. The molecular formula is C12H17N3O2.